The third-order valence-corrected chi connectivity index (χ3v) is 11.1. The summed E-state index contributed by atoms with van der Waals surface area (Å²) in [6.45, 7) is 22.7. The molecule has 0 N–H and O–H groups in total. The van der Waals surface area contributed by atoms with Crippen molar-refractivity contribution < 1.29 is 0 Å². The van der Waals surface area contributed by atoms with E-state index in [0.29, 0.717) is 11.1 Å². The maximum absolute atomic E-state index is 2.78. The van der Waals surface area contributed by atoms with E-state index in [4.69, 9.17) is 0 Å². The van der Waals surface area contributed by atoms with Crippen molar-refractivity contribution in [2.24, 2.45) is 0 Å². The first-order valence-corrected chi connectivity index (χ1v) is 10.8. The van der Waals surface area contributed by atoms with Crippen molar-refractivity contribution >= 4 is 18.5 Å². The molecule has 0 radical (unpaired) electrons. The molecule has 0 aliphatic rings. The highest BCUT2D eigenvalue weighted by Gasteiger charge is 2.41. The zero-order valence-electron chi connectivity index (χ0n) is 13.7. The number of rotatable bonds is 4. The number of hydrogen-bond acceptors (Lipinski definition) is 1. The van der Waals surface area contributed by atoms with Crippen molar-refractivity contribution in [1.82, 2.24) is 4.57 Å². The Morgan fingerprint density at radius 1 is 1.18 bits per heavy atom. The summed E-state index contributed by atoms with van der Waals surface area (Å²) in [6.07, 6.45) is 0. The molecule has 0 saturated carbocycles. The third kappa shape index (κ3) is 4.38. The number of hydrogen-bond donors (Lipinski definition) is 0. The molecule has 0 aromatic heterocycles. The highest BCUT2D eigenvalue weighted by molar-refractivity contribution is 6.77. The van der Waals surface area contributed by atoms with E-state index in [-0.39, 0.29) is 0 Å². The smallest absolute Gasteiger partial charge is 0.128 e. The molecule has 17 heavy (non-hydrogen) atoms. The Kier molecular flexibility index (Phi) is 5.90. The minimum Gasteiger partial charge on any atom is -0.317 e. The Morgan fingerprint density at radius 2 is 1.59 bits per heavy atom. The van der Waals surface area contributed by atoms with Gasteiger partial charge in [-0.1, -0.05) is 58.5 Å². The predicted octanol–water partition coefficient (Wildman–Crippen LogP) is 3.36. The van der Waals surface area contributed by atoms with Crippen LogP contribution in [0, 0.1) is 0 Å². The molecule has 1 nitrogen and oxygen atoms in total. The fourth-order valence-electron chi connectivity index (χ4n) is 1.87. The van der Waals surface area contributed by atoms with Gasteiger partial charge in [0, 0.05) is 16.8 Å². The second kappa shape index (κ2) is 5.85. The van der Waals surface area contributed by atoms with Gasteiger partial charge in [-0.2, -0.15) is 0 Å². The van der Waals surface area contributed by atoms with Crippen molar-refractivity contribution in [1.29, 1.82) is 0 Å². The standard InChI is InChI=1S/C14H33NSi2/c1-11(2)15(10-12(3)13(4)16)17(8,9)14(5,6)7/h11H,10H2,1-9,16H3. The van der Waals surface area contributed by atoms with Crippen molar-refractivity contribution in [2.45, 2.75) is 72.6 Å². The van der Waals surface area contributed by atoms with Crippen LogP contribution in [0.4, 0.5) is 0 Å². The average Bonchev–Trinajstić information content (AvgIpc) is 2.10. The third-order valence-electron chi connectivity index (χ3n) is 4.44. The summed E-state index contributed by atoms with van der Waals surface area (Å²) >= 11 is 0. The van der Waals surface area contributed by atoms with Crippen LogP contribution in [0.15, 0.2) is 10.8 Å². The highest BCUT2D eigenvalue weighted by Crippen LogP contribution is 2.39. The fourth-order valence-corrected chi connectivity index (χ4v) is 4.81. The topological polar surface area (TPSA) is 3.24 Å². The van der Waals surface area contributed by atoms with Gasteiger partial charge in [-0.25, -0.2) is 0 Å². The summed E-state index contributed by atoms with van der Waals surface area (Å²) in [4.78, 5) is 0. The molecule has 0 fully saturated rings. The molecular weight excluding hydrogens is 238 g/mol. The van der Waals surface area contributed by atoms with Crippen LogP contribution in [-0.4, -0.2) is 35.6 Å². The normalized spacial score (nSPS) is 15.7. The van der Waals surface area contributed by atoms with E-state index in [9.17, 15) is 0 Å². The predicted molar refractivity (Wildman–Crippen MR) is 87.4 cm³/mol. The fraction of sp³-hybridized carbons (Fsp3) is 0.857. The maximum Gasteiger partial charge on any atom is 0.128 e. The van der Waals surface area contributed by atoms with E-state index < -0.39 is 8.24 Å². The lowest BCUT2D eigenvalue weighted by atomic mass is 10.2. The zero-order chi connectivity index (χ0) is 14.0. The summed E-state index contributed by atoms with van der Waals surface area (Å²) in [5.74, 6) is 0. The number of allylic oxidation sites excluding steroid dienone is 1. The molecular formula is C14H33NSi2. The number of nitrogens with zero attached hydrogens (tertiary/aromatic N) is 1. The van der Waals surface area contributed by atoms with Crippen LogP contribution in [0.5, 0.6) is 0 Å². The van der Waals surface area contributed by atoms with Crippen LogP contribution in [0.1, 0.15) is 48.5 Å². The van der Waals surface area contributed by atoms with E-state index >= 15 is 0 Å². The molecule has 0 bridgehead atoms. The van der Waals surface area contributed by atoms with Gasteiger partial charge >= 0.3 is 0 Å². The molecule has 102 valence electrons. The second-order valence-electron chi connectivity index (χ2n) is 7.31. The first kappa shape index (κ1) is 17.1. The summed E-state index contributed by atoms with van der Waals surface area (Å²) in [7, 11) is -0.193. The average molecular weight is 272 g/mol. The van der Waals surface area contributed by atoms with Crippen LogP contribution in [0.3, 0.4) is 0 Å². The van der Waals surface area contributed by atoms with Gasteiger partial charge in [0.1, 0.15) is 8.24 Å². The maximum atomic E-state index is 2.78. The Hall–Kier alpha value is 0.134. The molecule has 0 spiro atoms. The van der Waals surface area contributed by atoms with Crippen molar-refractivity contribution in [2.75, 3.05) is 6.54 Å². The van der Waals surface area contributed by atoms with Crippen molar-refractivity contribution in [3.63, 3.8) is 0 Å². The molecule has 0 amide bonds. The molecule has 0 heterocycles. The summed E-state index contributed by atoms with van der Waals surface area (Å²) < 4.78 is 2.78. The van der Waals surface area contributed by atoms with Gasteiger partial charge in [0.05, 0.1) is 0 Å². The molecule has 3 heteroatoms. The van der Waals surface area contributed by atoms with Gasteiger partial charge in [-0.05, 0) is 24.9 Å². The van der Waals surface area contributed by atoms with E-state index in [1.165, 1.54) is 16.8 Å². The lowest BCUT2D eigenvalue weighted by molar-refractivity contribution is 0.358. The van der Waals surface area contributed by atoms with Gasteiger partial charge in [0.2, 0.25) is 0 Å². The van der Waals surface area contributed by atoms with E-state index in [0.717, 1.165) is 0 Å². The summed E-state index contributed by atoms with van der Waals surface area (Å²) in [6, 6.07) is 0.645. The lowest BCUT2D eigenvalue weighted by Crippen LogP contribution is -2.58. The van der Waals surface area contributed by atoms with Gasteiger partial charge in [0.15, 0.2) is 0 Å². The molecule has 0 aromatic carbocycles. The van der Waals surface area contributed by atoms with Crippen LogP contribution in [0.2, 0.25) is 18.1 Å². The van der Waals surface area contributed by atoms with Gasteiger partial charge in [-0.3, -0.25) is 0 Å². The molecule has 0 aromatic rings. The second-order valence-corrected chi connectivity index (χ2v) is 14.0. The van der Waals surface area contributed by atoms with E-state index in [1.807, 2.05) is 0 Å². The molecule has 0 saturated heterocycles. The van der Waals surface area contributed by atoms with E-state index in [2.05, 4.69) is 66.1 Å². The SMILES string of the molecule is CC([SiH3])=C(C)CN(C(C)C)[Si](C)(C)C(C)(C)C. The van der Waals surface area contributed by atoms with Gasteiger partial charge in [0.25, 0.3) is 0 Å². The lowest BCUT2D eigenvalue weighted by Gasteiger charge is -2.48. The minimum atomic E-state index is -1.39. The first-order chi connectivity index (χ1) is 7.41. The Bertz CT molecular complexity index is 281. The molecule has 0 atom stereocenters. The van der Waals surface area contributed by atoms with Crippen LogP contribution in [-0.2, 0) is 0 Å². The molecule has 0 aliphatic heterocycles. The molecule has 0 rings (SSSR count). The van der Waals surface area contributed by atoms with E-state index in [1.54, 1.807) is 10.8 Å². The van der Waals surface area contributed by atoms with Gasteiger partial charge < -0.3 is 4.57 Å². The Labute approximate surface area is 113 Å². The first-order valence-electron chi connectivity index (χ1n) is 6.81. The highest BCUT2D eigenvalue weighted by atomic mass is 28.3. The summed E-state index contributed by atoms with van der Waals surface area (Å²) in [5.41, 5.74) is 1.59. The summed E-state index contributed by atoms with van der Waals surface area (Å²) in [5, 5.41) is 2.03. The quantitative estimate of drug-likeness (QED) is 0.709. The van der Waals surface area contributed by atoms with Crippen molar-refractivity contribution in [3.05, 3.63) is 10.8 Å². The Morgan fingerprint density at radius 3 is 1.82 bits per heavy atom. The van der Waals surface area contributed by atoms with Crippen LogP contribution < -0.4 is 0 Å². The van der Waals surface area contributed by atoms with Gasteiger partial charge in [-0.15, -0.1) is 0 Å². The zero-order valence-corrected chi connectivity index (χ0v) is 16.7. The molecule has 0 unspecified atom stereocenters. The van der Waals surface area contributed by atoms with Crippen molar-refractivity contribution in [3.8, 4) is 0 Å². The monoisotopic (exact) mass is 271 g/mol. The minimum absolute atomic E-state index is 0.427. The largest absolute Gasteiger partial charge is 0.317 e. The Balaban J connectivity index is 5.21. The van der Waals surface area contributed by atoms with Crippen LogP contribution in [0.25, 0.3) is 0 Å². The van der Waals surface area contributed by atoms with Crippen LogP contribution >= 0.6 is 0 Å². The molecule has 0 aliphatic carbocycles.